The molecule has 8 nitrogen and oxygen atoms in total. The van der Waals surface area contributed by atoms with E-state index in [0.717, 1.165) is 25.9 Å². The van der Waals surface area contributed by atoms with Crippen molar-refractivity contribution in [3.63, 3.8) is 0 Å². The summed E-state index contributed by atoms with van der Waals surface area (Å²) in [5.74, 6) is 1.21. The molecule has 0 atom stereocenters. The summed E-state index contributed by atoms with van der Waals surface area (Å²) in [4.78, 5) is 32.4. The van der Waals surface area contributed by atoms with E-state index in [1.807, 2.05) is 0 Å². The number of anilines is 1. The molecule has 0 saturated carbocycles. The van der Waals surface area contributed by atoms with Crippen LogP contribution in [0.4, 0.5) is 5.95 Å². The Morgan fingerprint density at radius 2 is 1.63 bits per heavy atom. The van der Waals surface area contributed by atoms with E-state index < -0.39 is 5.97 Å². The molecule has 8 heteroatoms. The Balaban J connectivity index is 2.00. The molecule has 0 bridgehead atoms. The smallest absolute Gasteiger partial charge is 0.337 e. The number of methoxy groups -OCH3 is 3. The second-order valence-corrected chi connectivity index (χ2v) is 7.04. The summed E-state index contributed by atoms with van der Waals surface area (Å²) < 4.78 is 17.2. The van der Waals surface area contributed by atoms with Gasteiger partial charge in [-0.3, -0.25) is 4.79 Å². The van der Waals surface area contributed by atoms with Crippen molar-refractivity contribution in [2.24, 2.45) is 0 Å². The van der Waals surface area contributed by atoms with Crippen LogP contribution in [0.5, 0.6) is 11.5 Å². The second kappa shape index (κ2) is 8.06. The van der Waals surface area contributed by atoms with Crippen molar-refractivity contribution in [2.45, 2.75) is 12.8 Å². The molecule has 1 aliphatic rings. The zero-order valence-electron chi connectivity index (χ0n) is 17.2. The maximum atomic E-state index is 13.6. The Morgan fingerprint density at radius 1 is 0.967 bits per heavy atom. The molecule has 1 aromatic heterocycles. The molecular weight excluding hydrogens is 386 g/mol. The van der Waals surface area contributed by atoms with Crippen LogP contribution in [0.1, 0.15) is 23.2 Å². The highest BCUT2D eigenvalue weighted by atomic mass is 16.5. The largest absolute Gasteiger partial charge is 0.497 e. The number of carbonyl (C=O) groups excluding carboxylic acids is 1. The quantitative estimate of drug-likeness (QED) is 0.599. The van der Waals surface area contributed by atoms with Crippen molar-refractivity contribution in [1.29, 1.82) is 0 Å². The Bertz CT molecular complexity index is 1140. The van der Waals surface area contributed by atoms with Crippen molar-refractivity contribution in [3.05, 3.63) is 52.3 Å². The lowest BCUT2D eigenvalue weighted by Crippen LogP contribution is -2.30. The van der Waals surface area contributed by atoms with Crippen molar-refractivity contribution >= 4 is 22.8 Å². The number of carbonyl (C=O) groups is 1. The fourth-order valence-corrected chi connectivity index (χ4v) is 3.70. The number of aromatic nitrogens is 2. The minimum atomic E-state index is -0.469. The van der Waals surface area contributed by atoms with Crippen molar-refractivity contribution in [2.75, 3.05) is 39.3 Å². The van der Waals surface area contributed by atoms with Crippen LogP contribution in [0.15, 0.2) is 41.2 Å². The number of nitrogens with zero attached hydrogens (tertiary/aromatic N) is 3. The molecular formula is C22H23N3O5. The van der Waals surface area contributed by atoms with E-state index in [1.54, 1.807) is 55.2 Å². The molecule has 0 amide bonds. The highest BCUT2D eigenvalue weighted by Crippen LogP contribution is 2.29. The van der Waals surface area contributed by atoms with Gasteiger partial charge in [-0.25, -0.2) is 14.3 Å². The van der Waals surface area contributed by atoms with Gasteiger partial charge in [0.15, 0.2) is 0 Å². The summed E-state index contributed by atoms with van der Waals surface area (Å²) in [6.07, 6.45) is 2.05. The van der Waals surface area contributed by atoms with Crippen molar-refractivity contribution < 1.29 is 19.0 Å². The molecule has 0 aliphatic carbocycles. The van der Waals surface area contributed by atoms with Gasteiger partial charge in [0.2, 0.25) is 5.95 Å². The maximum absolute atomic E-state index is 13.6. The number of hydrogen-bond donors (Lipinski definition) is 0. The molecule has 2 aromatic carbocycles. The first-order valence-electron chi connectivity index (χ1n) is 9.69. The Kier molecular flexibility index (Phi) is 5.31. The van der Waals surface area contributed by atoms with Gasteiger partial charge in [0.05, 0.1) is 43.5 Å². The lowest BCUT2D eigenvalue weighted by molar-refractivity contribution is 0.0601. The summed E-state index contributed by atoms with van der Waals surface area (Å²) >= 11 is 0. The van der Waals surface area contributed by atoms with Crippen LogP contribution in [0.3, 0.4) is 0 Å². The topological polar surface area (TPSA) is 82.9 Å². The summed E-state index contributed by atoms with van der Waals surface area (Å²) in [6, 6.07) is 10.1. The average molecular weight is 409 g/mol. The maximum Gasteiger partial charge on any atom is 0.337 e. The van der Waals surface area contributed by atoms with Crippen LogP contribution >= 0.6 is 0 Å². The zero-order valence-corrected chi connectivity index (χ0v) is 17.2. The summed E-state index contributed by atoms with van der Waals surface area (Å²) in [7, 11) is 4.45. The van der Waals surface area contributed by atoms with Gasteiger partial charge in [-0.05, 0) is 31.0 Å². The molecule has 4 rings (SSSR count). The Morgan fingerprint density at radius 3 is 2.23 bits per heavy atom. The van der Waals surface area contributed by atoms with E-state index >= 15 is 0 Å². The van der Waals surface area contributed by atoms with Crippen LogP contribution in [0, 0.1) is 0 Å². The van der Waals surface area contributed by atoms with E-state index in [1.165, 1.54) is 7.11 Å². The minimum Gasteiger partial charge on any atom is -0.497 e. The highest BCUT2D eigenvalue weighted by molar-refractivity contribution is 5.94. The van der Waals surface area contributed by atoms with Crippen LogP contribution < -0.4 is 19.9 Å². The van der Waals surface area contributed by atoms with E-state index in [2.05, 4.69) is 4.90 Å². The number of hydrogen-bond acceptors (Lipinski definition) is 7. The van der Waals surface area contributed by atoms with E-state index in [4.69, 9.17) is 19.2 Å². The standard InChI is InChI=1S/C22H23N3O5/c1-28-16-11-15(12-17(13-16)29-2)25-20(26)18-7-6-14(21(27)30-3)10-19(18)23-22(25)24-8-4-5-9-24/h6-7,10-13H,4-5,8-9H2,1-3H3. The average Bonchev–Trinajstić information content (AvgIpc) is 3.32. The Hall–Kier alpha value is -3.55. The third kappa shape index (κ3) is 3.45. The van der Waals surface area contributed by atoms with Gasteiger partial charge >= 0.3 is 5.97 Å². The van der Waals surface area contributed by atoms with E-state index in [0.29, 0.717) is 39.6 Å². The first-order chi connectivity index (χ1) is 14.5. The van der Waals surface area contributed by atoms with Crippen molar-refractivity contribution in [3.8, 4) is 17.2 Å². The van der Waals surface area contributed by atoms with Gasteiger partial charge in [0.25, 0.3) is 5.56 Å². The van der Waals surface area contributed by atoms with Gasteiger partial charge in [-0.2, -0.15) is 0 Å². The molecule has 1 fully saturated rings. The van der Waals surface area contributed by atoms with Gasteiger partial charge in [0.1, 0.15) is 11.5 Å². The SMILES string of the molecule is COC(=O)c1ccc2c(=O)n(-c3cc(OC)cc(OC)c3)c(N3CCCC3)nc2c1. The number of esters is 1. The predicted octanol–water partition coefficient (Wildman–Crippen LogP) is 2.79. The first-order valence-corrected chi connectivity index (χ1v) is 9.69. The molecule has 1 saturated heterocycles. The second-order valence-electron chi connectivity index (χ2n) is 7.04. The molecule has 1 aliphatic heterocycles. The van der Waals surface area contributed by atoms with Crippen LogP contribution in [-0.4, -0.2) is 49.9 Å². The van der Waals surface area contributed by atoms with Crippen LogP contribution in [-0.2, 0) is 4.74 Å². The lowest BCUT2D eigenvalue weighted by Gasteiger charge is -2.22. The number of rotatable bonds is 5. The van der Waals surface area contributed by atoms with Gasteiger partial charge < -0.3 is 19.1 Å². The van der Waals surface area contributed by atoms with E-state index in [9.17, 15) is 9.59 Å². The monoisotopic (exact) mass is 409 g/mol. The molecule has 3 aromatic rings. The molecule has 156 valence electrons. The van der Waals surface area contributed by atoms with Crippen LogP contribution in [0.25, 0.3) is 16.6 Å². The fourth-order valence-electron chi connectivity index (χ4n) is 3.70. The van der Waals surface area contributed by atoms with Gasteiger partial charge in [-0.15, -0.1) is 0 Å². The molecule has 0 unspecified atom stereocenters. The third-order valence-electron chi connectivity index (χ3n) is 5.26. The molecule has 0 N–H and O–H groups in total. The van der Waals surface area contributed by atoms with Crippen molar-refractivity contribution in [1.82, 2.24) is 9.55 Å². The van der Waals surface area contributed by atoms with Gasteiger partial charge in [-0.1, -0.05) is 0 Å². The number of fused-ring (bicyclic) bond motifs is 1. The molecule has 0 radical (unpaired) electrons. The first kappa shape index (κ1) is 19.8. The third-order valence-corrected chi connectivity index (χ3v) is 5.26. The normalized spacial score (nSPS) is 13.5. The number of benzene rings is 2. The molecule has 2 heterocycles. The predicted molar refractivity (Wildman–Crippen MR) is 113 cm³/mol. The summed E-state index contributed by atoms with van der Waals surface area (Å²) in [6.45, 7) is 1.60. The molecule has 0 spiro atoms. The highest BCUT2D eigenvalue weighted by Gasteiger charge is 2.22. The lowest BCUT2D eigenvalue weighted by atomic mass is 10.1. The van der Waals surface area contributed by atoms with Gasteiger partial charge in [0, 0.05) is 31.3 Å². The number of ether oxygens (including phenoxy) is 3. The molecule has 30 heavy (non-hydrogen) atoms. The van der Waals surface area contributed by atoms with Crippen LogP contribution in [0.2, 0.25) is 0 Å². The fraction of sp³-hybridized carbons (Fsp3) is 0.318. The summed E-state index contributed by atoms with van der Waals surface area (Å²) in [5.41, 5.74) is 1.18. The minimum absolute atomic E-state index is 0.228. The zero-order chi connectivity index (χ0) is 21.3. The van der Waals surface area contributed by atoms with E-state index in [-0.39, 0.29) is 5.56 Å². The summed E-state index contributed by atoms with van der Waals surface area (Å²) in [5, 5.41) is 0.410. The Labute approximate surface area is 173 Å².